The van der Waals surface area contributed by atoms with E-state index in [9.17, 15) is 9.18 Å². The van der Waals surface area contributed by atoms with E-state index in [-0.39, 0.29) is 18.2 Å². The standard InChI is InChI=1S/C17H23FN4O2/c1-11-8-13(3)22(21-11)10-12(2)20-17(23)15-9-14(18)4-5-16(15)24-7-6-19/h4-5,8-9,12H,6-7,10,19H2,1-3H3,(H,20,23). The molecular weight excluding hydrogens is 311 g/mol. The van der Waals surface area contributed by atoms with E-state index in [1.165, 1.54) is 12.1 Å². The molecule has 0 bridgehead atoms. The van der Waals surface area contributed by atoms with Crippen molar-refractivity contribution in [3.05, 3.63) is 47.0 Å². The quantitative estimate of drug-likeness (QED) is 0.809. The molecule has 1 aromatic heterocycles. The van der Waals surface area contributed by atoms with Gasteiger partial charge in [0.2, 0.25) is 0 Å². The van der Waals surface area contributed by atoms with Crippen molar-refractivity contribution >= 4 is 5.91 Å². The molecule has 1 atom stereocenters. The minimum absolute atomic E-state index is 0.156. The van der Waals surface area contributed by atoms with Gasteiger partial charge in [-0.05, 0) is 45.0 Å². The van der Waals surface area contributed by atoms with E-state index < -0.39 is 11.7 Å². The highest BCUT2D eigenvalue weighted by Crippen LogP contribution is 2.20. The molecule has 0 radical (unpaired) electrons. The predicted octanol–water partition coefficient (Wildman–Crippen LogP) is 1.80. The first kappa shape index (κ1) is 17.9. The maximum atomic E-state index is 13.5. The molecule has 6 nitrogen and oxygen atoms in total. The Morgan fingerprint density at radius 1 is 1.42 bits per heavy atom. The number of benzene rings is 1. The molecule has 130 valence electrons. The van der Waals surface area contributed by atoms with Gasteiger partial charge in [-0.15, -0.1) is 0 Å². The Labute approximate surface area is 140 Å². The Morgan fingerprint density at radius 2 is 2.17 bits per heavy atom. The molecule has 0 aliphatic carbocycles. The van der Waals surface area contributed by atoms with Crippen molar-refractivity contribution < 1.29 is 13.9 Å². The van der Waals surface area contributed by atoms with Crippen LogP contribution in [0.15, 0.2) is 24.3 Å². The average molecular weight is 334 g/mol. The third-order valence-electron chi connectivity index (χ3n) is 3.49. The Bertz CT molecular complexity index is 715. The largest absolute Gasteiger partial charge is 0.491 e. The number of halogens is 1. The number of nitrogens with one attached hydrogen (secondary N) is 1. The van der Waals surface area contributed by atoms with Crippen LogP contribution in [0, 0.1) is 19.7 Å². The highest BCUT2D eigenvalue weighted by molar-refractivity contribution is 5.97. The van der Waals surface area contributed by atoms with Crippen molar-refractivity contribution in [1.82, 2.24) is 15.1 Å². The zero-order valence-electron chi connectivity index (χ0n) is 14.2. The molecule has 7 heteroatoms. The summed E-state index contributed by atoms with van der Waals surface area (Å²) in [6.45, 7) is 6.84. The molecule has 0 aliphatic heterocycles. The van der Waals surface area contributed by atoms with Crippen LogP contribution >= 0.6 is 0 Å². The number of carbonyl (C=O) groups is 1. The van der Waals surface area contributed by atoms with Gasteiger partial charge in [-0.2, -0.15) is 5.10 Å². The van der Waals surface area contributed by atoms with Crippen molar-refractivity contribution in [1.29, 1.82) is 0 Å². The number of aromatic nitrogens is 2. The molecule has 0 aliphatic rings. The van der Waals surface area contributed by atoms with Crippen LogP contribution in [0.3, 0.4) is 0 Å². The molecule has 3 N–H and O–H groups in total. The van der Waals surface area contributed by atoms with Crippen LogP contribution in [0.2, 0.25) is 0 Å². The first-order valence-corrected chi connectivity index (χ1v) is 7.85. The van der Waals surface area contributed by atoms with Crippen LogP contribution in [-0.2, 0) is 6.54 Å². The number of hydrogen-bond donors (Lipinski definition) is 2. The predicted molar refractivity (Wildman–Crippen MR) is 89.6 cm³/mol. The molecule has 1 unspecified atom stereocenters. The van der Waals surface area contributed by atoms with Crippen molar-refractivity contribution in [3.63, 3.8) is 0 Å². The smallest absolute Gasteiger partial charge is 0.255 e. The fourth-order valence-corrected chi connectivity index (χ4v) is 2.44. The van der Waals surface area contributed by atoms with Gasteiger partial charge in [0.05, 0.1) is 17.8 Å². The molecule has 0 saturated heterocycles. The molecule has 0 saturated carbocycles. The van der Waals surface area contributed by atoms with Crippen LogP contribution in [0.5, 0.6) is 5.75 Å². The normalized spacial score (nSPS) is 12.0. The molecule has 0 spiro atoms. The van der Waals surface area contributed by atoms with Crippen molar-refractivity contribution in [3.8, 4) is 5.75 Å². The van der Waals surface area contributed by atoms with Crippen molar-refractivity contribution in [2.24, 2.45) is 5.73 Å². The maximum Gasteiger partial charge on any atom is 0.255 e. The van der Waals surface area contributed by atoms with Gasteiger partial charge in [-0.1, -0.05) is 0 Å². The van der Waals surface area contributed by atoms with Crippen molar-refractivity contribution in [2.75, 3.05) is 13.2 Å². The summed E-state index contributed by atoms with van der Waals surface area (Å²) in [6, 6.07) is 5.64. The molecule has 2 rings (SSSR count). The number of hydrogen-bond acceptors (Lipinski definition) is 4. The first-order valence-electron chi connectivity index (χ1n) is 7.85. The van der Waals surface area contributed by atoms with E-state index in [1.807, 2.05) is 31.5 Å². The van der Waals surface area contributed by atoms with E-state index in [2.05, 4.69) is 10.4 Å². The summed E-state index contributed by atoms with van der Waals surface area (Å²) in [4.78, 5) is 12.5. The Hall–Kier alpha value is -2.41. The minimum Gasteiger partial charge on any atom is -0.491 e. The molecule has 2 aromatic rings. The summed E-state index contributed by atoms with van der Waals surface area (Å²) in [6.07, 6.45) is 0. The second-order valence-corrected chi connectivity index (χ2v) is 5.76. The van der Waals surface area contributed by atoms with Gasteiger partial charge in [-0.25, -0.2) is 4.39 Å². The Morgan fingerprint density at radius 3 is 2.79 bits per heavy atom. The van der Waals surface area contributed by atoms with Gasteiger partial charge in [0, 0.05) is 18.3 Å². The third-order valence-corrected chi connectivity index (χ3v) is 3.49. The molecular formula is C17H23FN4O2. The number of ether oxygens (including phenoxy) is 1. The van der Waals surface area contributed by atoms with E-state index >= 15 is 0 Å². The van der Waals surface area contributed by atoms with Gasteiger partial charge in [0.1, 0.15) is 18.2 Å². The molecule has 1 amide bonds. The second kappa shape index (κ2) is 7.92. The number of nitrogens with two attached hydrogens (primary N) is 1. The number of aryl methyl sites for hydroxylation is 2. The molecule has 24 heavy (non-hydrogen) atoms. The topological polar surface area (TPSA) is 82.2 Å². The lowest BCUT2D eigenvalue weighted by molar-refractivity contribution is 0.0931. The van der Waals surface area contributed by atoms with Crippen LogP contribution in [-0.4, -0.2) is 34.9 Å². The van der Waals surface area contributed by atoms with E-state index in [1.54, 1.807) is 0 Å². The average Bonchev–Trinajstić information content (AvgIpc) is 2.83. The SMILES string of the molecule is Cc1cc(C)n(CC(C)NC(=O)c2cc(F)ccc2OCCN)n1. The Balaban J connectivity index is 2.08. The third kappa shape index (κ3) is 4.55. The van der Waals surface area contributed by atoms with Gasteiger partial charge >= 0.3 is 0 Å². The summed E-state index contributed by atoms with van der Waals surface area (Å²) in [5.41, 5.74) is 7.51. The second-order valence-electron chi connectivity index (χ2n) is 5.76. The summed E-state index contributed by atoms with van der Waals surface area (Å²) in [7, 11) is 0. The zero-order chi connectivity index (χ0) is 17.7. The summed E-state index contributed by atoms with van der Waals surface area (Å²) < 4.78 is 20.7. The van der Waals surface area contributed by atoms with Crippen LogP contribution in [0.25, 0.3) is 0 Å². The lowest BCUT2D eigenvalue weighted by Crippen LogP contribution is -2.36. The zero-order valence-corrected chi connectivity index (χ0v) is 14.2. The fraction of sp³-hybridized carbons (Fsp3) is 0.412. The minimum atomic E-state index is -0.494. The monoisotopic (exact) mass is 334 g/mol. The van der Waals surface area contributed by atoms with Crippen molar-refractivity contribution in [2.45, 2.75) is 33.4 Å². The summed E-state index contributed by atoms with van der Waals surface area (Å²) >= 11 is 0. The highest BCUT2D eigenvalue weighted by atomic mass is 19.1. The van der Waals surface area contributed by atoms with Gasteiger partial charge in [0.25, 0.3) is 5.91 Å². The Kier molecular flexibility index (Phi) is 5.92. The first-order chi connectivity index (χ1) is 11.4. The van der Waals surface area contributed by atoms with E-state index in [4.69, 9.17) is 10.5 Å². The summed E-state index contributed by atoms with van der Waals surface area (Å²) in [5.74, 6) is -0.570. The maximum absolute atomic E-state index is 13.5. The van der Waals surface area contributed by atoms with E-state index in [0.717, 1.165) is 17.5 Å². The van der Waals surface area contributed by atoms with Crippen LogP contribution < -0.4 is 15.8 Å². The van der Waals surface area contributed by atoms with Gasteiger partial charge < -0.3 is 15.8 Å². The number of carbonyl (C=O) groups excluding carboxylic acids is 1. The van der Waals surface area contributed by atoms with E-state index in [0.29, 0.717) is 18.8 Å². The number of rotatable bonds is 7. The lowest BCUT2D eigenvalue weighted by atomic mass is 10.1. The lowest BCUT2D eigenvalue weighted by Gasteiger charge is -2.17. The van der Waals surface area contributed by atoms with Crippen LogP contribution in [0.4, 0.5) is 4.39 Å². The molecule has 1 heterocycles. The number of nitrogens with zero attached hydrogens (tertiary/aromatic N) is 2. The fourth-order valence-electron chi connectivity index (χ4n) is 2.44. The van der Waals surface area contributed by atoms with Gasteiger partial charge in [-0.3, -0.25) is 9.48 Å². The number of amides is 1. The van der Waals surface area contributed by atoms with Gasteiger partial charge in [0.15, 0.2) is 0 Å². The highest BCUT2D eigenvalue weighted by Gasteiger charge is 2.17. The molecule has 0 fully saturated rings. The molecule has 1 aromatic carbocycles. The van der Waals surface area contributed by atoms with Crippen LogP contribution in [0.1, 0.15) is 28.7 Å². The summed E-state index contributed by atoms with van der Waals surface area (Å²) in [5, 5.41) is 7.22.